The van der Waals surface area contributed by atoms with Gasteiger partial charge in [-0.25, -0.2) is 0 Å². The molecule has 8 nitrogen and oxygen atoms in total. The second kappa shape index (κ2) is 9.54. The Morgan fingerprint density at radius 1 is 1.19 bits per heavy atom. The molecule has 2 aromatic rings. The van der Waals surface area contributed by atoms with Crippen molar-refractivity contribution in [2.24, 2.45) is 0 Å². The standard InChI is InChI=1S/C17H19N7OS/c1-13-5-6-15(11-14(13)2)24-17(20-21-22-24)26-12-16(25)23(9-3-7-18)10-4-8-19/h5-6,11H,3-4,9-10,12H2,1-2H3. The van der Waals surface area contributed by atoms with Crippen LogP contribution < -0.4 is 0 Å². The predicted octanol–water partition coefficient (Wildman–Crippen LogP) is 2.03. The van der Waals surface area contributed by atoms with E-state index in [9.17, 15) is 4.79 Å². The Bertz CT molecular complexity index is 832. The Morgan fingerprint density at radius 3 is 2.50 bits per heavy atom. The monoisotopic (exact) mass is 369 g/mol. The molecule has 0 radical (unpaired) electrons. The number of thioether (sulfide) groups is 1. The van der Waals surface area contributed by atoms with E-state index in [1.165, 1.54) is 22.2 Å². The first-order valence-electron chi connectivity index (χ1n) is 8.07. The minimum atomic E-state index is -0.143. The van der Waals surface area contributed by atoms with Crippen LogP contribution in [0, 0.1) is 36.5 Å². The normalized spacial score (nSPS) is 10.2. The molecular formula is C17H19N7OS. The zero-order valence-corrected chi connectivity index (χ0v) is 15.5. The number of aromatic nitrogens is 4. The van der Waals surface area contributed by atoms with Crippen molar-refractivity contribution in [1.29, 1.82) is 10.5 Å². The molecule has 134 valence electrons. The Morgan fingerprint density at radius 2 is 1.88 bits per heavy atom. The van der Waals surface area contributed by atoms with Crippen molar-refractivity contribution < 1.29 is 4.79 Å². The number of carbonyl (C=O) groups is 1. The van der Waals surface area contributed by atoms with Gasteiger partial charge in [0.25, 0.3) is 0 Å². The highest BCUT2D eigenvalue weighted by Crippen LogP contribution is 2.20. The molecule has 1 amide bonds. The molecule has 0 bridgehead atoms. The highest BCUT2D eigenvalue weighted by atomic mass is 32.2. The van der Waals surface area contributed by atoms with E-state index in [1.54, 1.807) is 4.68 Å². The summed E-state index contributed by atoms with van der Waals surface area (Å²) >= 11 is 1.23. The highest BCUT2D eigenvalue weighted by Gasteiger charge is 2.16. The molecule has 9 heteroatoms. The van der Waals surface area contributed by atoms with Crippen LogP contribution in [0.3, 0.4) is 0 Å². The first-order valence-corrected chi connectivity index (χ1v) is 9.06. The summed E-state index contributed by atoms with van der Waals surface area (Å²) in [6.07, 6.45) is 0.477. The van der Waals surface area contributed by atoms with Crippen molar-refractivity contribution in [2.75, 3.05) is 18.8 Å². The Balaban J connectivity index is 2.06. The molecule has 0 saturated carbocycles. The van der Waals surface area contributed by atoms with Gasteiger partial charge in [0.05, 0.1) is 36.4 Å². The molecular weight excluding hydrogens is 350 g/mol. The van der Waals surface area contributed by atoms with Crippen LogP contribution in [-0.4, -0.2) is 49.9 Å². The molecule has 0 unspecified atom stereocenters. The summed E-state index contributed by atoms with van der Waals surface area (Å²) < 4.78 is 1.60. The van der Waals surface area contributed by atoms with Gasteiger partial charge in [-0.15, -0.1) is 5.10 Å². The molecule has 0 spiro atoms. The number of nitriles is 2. The van der Waals surface area contributed by atoms with Crippen LogP contribution in [0.1, 0.15) is 24.0 Å². The average molecular weight is 369 g/mol. The van der Waals surface area contributed by atoms with Crippen molar-refractivity contribution >= 4 is 17.7 Å². The van der Waals surface area contributed by atoms with Gasteiger partial charge in [0, 0.05) is 13.1 Å². The molecule has 0 N–H and O–H groups in total. The fraction of sp³-hybridized carbons (Fsp3) is 0.412. The summed E-state index contributed by atoms with van der Waals surface area (Å²) in [5.41, 5.74) is 3.14. The van der Waals surface area contributed by atoms with Gasteiger partial charge in [-0.1, -0.05) is 17.8 Å². The van der Waals surface area contributed by atoms with Gasteiger partial charge in [0.2, 0.25) is 11.1 Å². The van der Waals surface area contributed by atoms with Gasteiger partial charge in [0.1, 0.15) is 0 Å². The van der Waals surface area contributed by atoms with Crippen molar-refractivity contribution in [3.8, 4) is 17.8 Å². The van der Waals surface area contributed by atoms with Crippen molar-refractivity contribution in [1.82, 2.24) is 25.1 Å². The number of benzene rings is 1. The van der Waals surface area contributed by atoms with Crippen LogP contribution in [-0.2, 0) is 4.79 Å². The topological polar surface area (TPSA) is 111 Å². The summed E-state index contributed by atoms with van der Waals surface area (Å²) in [7, 11) is 0. The number of hydrogen-bond acceptors (Lipinski definition) is 7. The largest absolute Gasteiger partial charge is 0.340 e. The zero-order valence-electron chi connectivity index (χ0n) is 14.7. The smallest absolute Gasteiger partial charge is 0.233 e. The third kappa shape index (κ3) is 5.04. The number of hydrogen-bond donors (Lipinski definition) is 0. The Kier molecular flexibility index (Phi) is 7.12. The van der Waals surface area contributed by atoms with Crippen molar-refractivity contribution in [3.05, 3.63) is 29.3 Å². The van der Waals surface area contributed by atoms with Crippen molar-refractivity contribution in [2.45, 2.75) is 31.8 Å². The molecule has 0 saturated heterocycles. The summed E-state index contributed by atoms with van der Waals surface area (Å²) in [5.74, 6) is -0.00245. The fourth-order valence-corrected chi connectivity index (χ4v) is 3.03. The highest BCUT2D eigenvalue weighted by molar-refractivity contribution is 7.99. The first kappa shape index (κ1) is 19.4. The maximum atomic E-state index is 12.4. The molecule has 1 aromatic carbocycles. The van der Waals surface area contributed by atoms with Crippen LogP contribution >= 0.6 is 11.8 Å². The quantitative estimate of drug-likeness (QED) is 0.654. The minimum absolute atomic E-state index is 0.141. The second-order valence-electron chi connectivity index (χ2n) is 5.63. The number of aryl methyl sites for hydroxylation is 2. The van der Waals surface area contributed by atoms with E-state index in [0.717, 1.165) is 11.3 Å². The molecule has 0 fully saturated rings. The molecule has 2 rings (SSSR count). The fourth-order valence-electron chi connectivity index (χ4n) is 2.24. The average Bonchev–Trinajstić information content (AvgIpc) is 3.10. The molecule has 1 heterocycles. The lowest BCUT2D eigenvalue weighted by Gasteiger charge is -2.19. The van der Waals surface area contributed by atoms with Gasteiger partial charge in [0.15, 0.2) is 0 Å². The predicted molar refractivity (Wildman–Crippen MR) is 96.4 cm³/mol. The van der Waals surface area contributed by atoms with Gasteiger partial charge in [-0.2, -0.15) is 15.2 Å². The van der Waals surface area contributed by atoms with E-state index in [2.05, 4.69) is 15.5 Å². The minimum Gasteiger partial charge on any atom is -0.340 e. The van der Waals surface area contributed by atoms with Crippen LogP contribution in [0.15, 0.2) is 23.4 Å². The second-order valence-corrected chi connectivity index (χ2v) is 6.57. The maximum absolute atomic E-state index is 12.4. The summed E-state index contributed by atoms with van der Waals surface area (Å²) in [6.45, 7) is 4.69. The molecule has 0 aliphatic rings. The Labute approximate surface area is 156 Å². The van der Waals surface area contributed by atoms with E-state index in [0.29, 0.717) is 18.2 Å². The molecule has 0 aliphatic heterocycles. The molecule has 0 aliphatic carbocycles. The number of rotatable bonds is 8. The third-order valence-corrected chi connectivity index (χ3v) is 4.74. The van der Waals surface area contributed by atoms with E-state index < -0.39 is 0 Å². The number of tetrazole rings is 1. The first-order chi connectivity index (χ1) is 12.6. The lowest BCUT2D eigenvalue weighted by molar-refractivity contribution is -0.128. The van der Waals surface area contributed by atoms with Gasteiger partial charge < -0.3 is 4.90 Å². The van der Waals surface area contributed by atoms with E-state index in [1.807, 2.05) is 44.2 Å². The van der Waals surface area contributed by atoms with Crippen LogP contribution in [0.5, 0.6) is 0 Å². The summed E-state index contributed by atoms with van der Waals surface area (Å²) in [5, 5.41) is 29.6. The van der Waals surface area contributed by atoms with E-state index >= 15 is 0 Å². The zero-order chi connectivity index (χ0) is 18.9. The lowest BCUT2D eigenvalue weighted by atomic mass is 10.1. The van der Waals surface area contributed by atoms with Crippen molar-refractivity contribution in [3.63, 3.8) is 0 Å². The van der Waals surface area contributed by atoms with Gasteiger partial charge >= 0.3 is 0 Å². The maximum Gasteiger partial charge on any atom is 0.233 e. The number of carbonyl (C=O) groups excluding carboxylic acids is 1. The lowest BCUT2D eigenvalue weighted by Crippen LogP contribution is -2.34. The SMILES string of the molecule is Cc1ccc(-n2nnnc2SCC(=O)N(CCC#N)CCC#N)cc1C. The molecule has 0 atom stereocenters. The van der Waals surface area contributed by atoms with Crippen LogP contribution in [0.2, 0.25) is 0 Å². The van der Waals surface area contributed by atoms with E-state index in [-0.39, 0.29) is 24.5 Å². The van der Waals surface area contributed by atoms with Gasteiger partial charge in [-0.05, 0) is 47.5 Å². The van der Waals surface area contributed by atoms with Crippen LogP contribution in [0.4, 0.5) is 0 Å². The summed E-state index contributed by atoms with van der Waals surface area (Å²) in [6, 6.07) is 9.95. The molecule has 26 heavy (non-hydrogen) atoms. The number of nitrogens with zero attached hydrogens (tertiary/aromatic N) is 7. The third-order valence-electron chi connectivity index (χ3n) is 3.84. The molecule has 1 aromatic heterocycles. The van der Waals surface area contributed by atoms with Gasteiger partial charge in [-0.3, -0.25) is 4.79 Å². The van der Waals surface area contributed by atoms with E-state index in [4.69, 9.17) is 10.5 Å². The summed E-state index contributed by atoms with van der Waals surface area (Å²) in [4.78, 5) is 13.9. The Hall–Kier alpha value is -2.91. The van der Waals surface area contributed by atoms with Crippen LogP contribution in [0.25, 0.3) is 5.69 Å². The number of amides is 1.